The SMILES string of the molecule is Cc1ccc(N(C)C)cc1NC(=O)N1CCCO[C@H](CN2CCCCC2)C1. The van der Waals surface area contributed by atoms with Crippen molar-refractivity contribution in [2.45, 2.75) is 38.7 Å². The van der Waals surface area contributed by atoms with Gasteiger partial charge in [0.05, 0.1) is 6.10 Å². The minimum Gasteiger partial charge on any atom is -0.378 e. The van der Waals surface area contributed by atoms with Crippen molar-refractivity contribution >= 4 is 17.4 Å². The molecule has 1 aromatic carbocycles. The van der Waals surface area contributed by atoms with Crippen LogP contribution in [0.5, 0.6) is 0 Å². The molecule has 0 saturated carbocycles. The molecule has 0 aromatic heterocycles. The summed E-state index contributed by atoms with van der Waals surface area (Å²) in [7, 11) is 4.02. The quantitative estimate of drug-likeness (QED) is 0.879. The highest BCUT2D eigenvalue weighted by Crippen LogP contribution is 2.23. The molecule has 2 heterocycles. The van der Waals surface area contributed by atoms with Gasteiger partial charge in [0.1, 0.15) is 0 Å². The molecule has 3 rings (SSSR count). The molecule has 1 N–H and O–H groups in total. The summed E-state index contributed by atoms with van der Waals surface area (Å²) in [5.74, 6) is 0. The third-order valence-electron chi connectivity index (χ3n) is 5.53. The van der Waals surface area contributed by atoms with Crippen molar-refractivity contribution in [1.82, 2.24) is 9.80 Å². The molecule has 6 nitrogen and oxygen atoms in total. The zero-order valence-electron chi connectivity index (χ0n) is 17.0. The Hall–Kier alpha value is -1.79. The largest absolute Gasteiger partial charge is 0.378 e. The maximum Gasteiger partial charge on any atom is 0.321 e. The van der Waals surface area contributed by atoms with E-state index in [4.69, 9.17) is 4.74 Å². The van der Waals surface area contributed by atoms with Crippen molar-refractivity contribution in [3.8, 4) is 0 Å². The van der Waals surface area contributed by atoms with Gasteiger partial charge in [-0.3, -0.25) is 0 Å². The molecule has 27 heavy (non-hydrogen) atoms. The van der Waals surface area contributed by atoms with Crippen molar-refractivity contribution in [3.05, 3.63) is 23.8 Å². The first kappa shape index (κ1) is 20.0. The number of benzene rings is 1. The lowest BCUT2D eigenvalue weighted by Gasteiger charge is -2.31. The highest BCUT2D eigenvalue weighted by atomic mass is 16.5. The number of hydrogen-bond acceptors (Lipinski definition) is 4. The number of nitrogens with zero attached hydrogens (tertiary/aromatic N) is 3. The van der Waals surface area contributed by atoms with Crippen LogP contribution in [0.15, 0.2) is 18.2 Å². The molecule has 2 saturated heterocycles. The maximum atomic E-state index is 12.9. The van der Waals surface area contributed by atoms with E-state index in [1.54, 1.807) is 0 Å². The Kier molecular flexibility index (Phi) is 6.96. The Morgan fingerprint density at radius 3 is 2.70 bits per heavy atom. The number of rotatable bonds is 4. The number of urea groups is 1. The fourth-order valence-electron chi connectivity index (χ4n) is 3.84. The van der Waals surface area contributed by atoms with Crippen LogP contribution >= 0.6 is 0 Å². The summed E-state index contributed by atoms with van der Waals surface area (Å²) in [5, 5.41) is 3.12. The zero-order valence-corrected chi connectivity index (χ0v) is 17.0. The van der Waals surface area contributed by atoms with Crippen LogP contribution in [0, 0.1) is 6.92 Å². The van der Waals surface area contributed by atoms with Gasteiger partial charge in [0.25, 0.3) is 0 Å². The Labute approximate surface area is 163 Å². The topological polar surface area (TPSA) is 48.1 Å². The van der Waals surface area contributed by atoms with Gasteiger partial charge in [0, 0.05) is 51.7 Å². The fourth-order valence-corrected chi connectivity index (χ4v) is 3.84. The Morgan fingerprint density at radius 2 is 1.96 bits per heavy atom. The van der Waals surface area contributed by atoms with Gasteiger partial charge in [0.15, 0.2) is 0 Å². The van der Waals surface area contributed by atoms with Gasteiger partial charge < -0.3 is 24.8 Å². The molecule has 0 radical (unpaired) electrons. The van der Waals surface area contributed by atoms with Gasteiger partial charge in [-0.05, 0) is 57.0 Å². The minimum atomic E-state index is -0.0249. The van der Waals surface area contributed by atoms with Crippen LogP contribution in [0.2, 0.25) is 0 Å². The smallest absolute Gasteiger partial charge is 0.321 e. The van der Waals surface area contributed by atoms with Crippen molar-refractivity contribution in [2.24, 2.45) is 0 Å². The predicted molar refractivity (Wildman–Crippen MR) is 111 cm³/mol. The first-order valence-electron chi connectivity index (χ1n) is 10.2. The van der Waals surface area contributed by atoms with Crippen molar-refractivity contribution in [2.75, 3.05) is 63.6 Å². The molecule has 0 unspecified atom stereocenters. The molecule has 2 aliphatic heterocycles. The summed E-state index contributed by atoms with van der Waals surface area (Å²) in [5.41, 5.74) is 3.03. The number of piperidine rings is 1. The molecule has 2 fully saturated rings. The average molecular weight is 375 g/mol. The van der Waals surface area contributed by atoms with E-state index in [0.717, 1.165) is 56.1 Å². The van der Waals surface area contributed by atoms with E-state index in [1.807, 2.05) is 36.9 Å². The van der Waals surface area contributed by atoms with Gasteiger partial charge in [-0.25, -0.2) is 4.79 Å². The second kappa shape index (κ2) is 9.42. The van der Waals surface area contributed by atoms with E-state index in [2.05, 4.69) is 22.3 Å². The highest BCUT2D eigenvalue weighted by Gasteiger charge is 2.25. The molecule has 1 atom stereocenters. The number of aryl methyl sites for hydroxylation is 1. The highest BCUT2D eigenvalue weighted by molar-refractivity contribution is 5.91. The van der Waals surface area contributed by atoms with E-state index in [1.165, 1.54) is 19.3 Å². The van der Waals surface area contributed by atoms with Gasteiger partial charge >= 0.3 is 6.03 Å². The van der Waals surface area contributed by atoms with Crippen LogP contribution in [-0.2, 0) is 4.74 Å². The number of ether oxygens (including phenoxy) is 1. The van der Waals surface area contributed by atoms with Crippen molar-refractivity contribution in [1.29, 1.82) is 0 Å². The molecular formula is C21H34N4O2. The molecule has 1 aromatic rings. The first-order valence-corrected chi connectivity index (χ1v) is 10.2. The van der Waals surface area contributed by atoms with E-state index < -0.39 is 0 Å². The van der Waals surface area contributed by atoms with Gasteiger partial charge in [-0.2, -0.15) is 0 Å². The number of amides is 2. The minimum absolute atomic E-state index is 0.0249. The van der Waals surface area contributed by atoms with Crippen LogP contribution in [0.25, 0.3) is 0 Å². The van der Waals surface area contributed by atoms with Crippen molar-refractivity contribution in [3.63, 3.8) is 0 Å². The second-order valence-corrected chi connectivity index (χ2v) is 7.98. The Morgan fingerprint density at radius 1 is 1.19 bits per heavy atom. The molecule has 0 aliphatic carbocycles. The van der Waals surface area contributed by atoms with Gasteiger partial charge in [-0.1, -0.05) is 12.5 Å². The summed E-state index contributed by atoms with van der Waals surface area (Å²) in [6.45, 7) is 7.41. The number of carbonyl (C=O) groups excluding carboxylic acids is 1. The van der Waals surface area contributed by atoms with E-state index in [9.17, 15) is 4.79 Å². The first-order chi connectivity index (χ1) is 13.0. The third kappa shape index (κ3) is 5.59. The maximum absolute atomic E-state index is 12.9. The summed E-state index contributed by atoms with van der Waals surface area (Å²) >= 11 is 0. The molecule has 2 aliphatic rings. The Bertz CT molecular complexity index is 629. The molecule has 6 heteroatoms. The van der Waals surface area contributed by atoms with E-state index in [0.29, 0.717) is 6.54 Å². The number of carbonyl (C=O) groups is 1. The molecule has 0 spiro atoms. The summed E-state index contributed by atoms with van der Waals surface area (Å²) < 4.78 is 6.04. The van der Waals surface area contributed by atoms with Crippen LogP contribution < -0.4 is 10.2 Å². The van der Waals surface area contributed by atoms with Crippen LogP contribution in [0.3, 0.4) is 0 Å². The average Bonchev–Trinajstić information content (AvgIpc) is 2.90. The summed E-state index contributed by atoms with van der Waals surface area (Å²) in [4.78, 5) is 19.4. The van der Waals surface area contributed by atoms with Crippen molar-refractivity contribution < 1.29 is 9.53 Å². The second-order valence-electron chi connectivity index (χ2n) is 7.98. The van der Waals surface area contributed by atoms with Crippen LogP contribution in [-0.4, -0.2) is 75.4 Å². The number of likely N-dealkylation sites (tertiary alicyclic amines) is 1. The zero-order chi connectivity index (χ0) is 19.2. The number of nitrogens with one attached hydrogen (secondary N) is 1. The van der Waals surface area contributed by atoms with Crippen LogP contribution in [0.4, 0.5) is 16.2 Å². The molecular weight excluding hydrogens is 340 g/mol. The molecule has 2 amide bonds. The van der Waals surface area contributed by atoms with Gasteiger partial charge in [-0.15, -0.1) is 0 Å². The molecule has 150 valence electrons. The standard InChI is InChI=1S/C21H34N4O2/c1-17-8-9-18(23(2)3)14-20(17)22-21(26)25-12-7-13-27-19(16-25)15-24-10-5-4-6-11-24/h8-9,14,19H,4-7,10-13,15-16H2,1-3H3,(H,22,26)/t19-/m1/s1. The normalized spacial score (nSPS) is 21.6. The molecule has 0 bridgehead atoms. The van der Waals surface area contributed by atoms with E-state index in [-0.39, 0.29) is 12.1 Å². The van der Waals surface area contributed by atoms with Crippen LogP contribution in [0.1, 0.15) is 31.2 Å². The Balaban J connectivity index is 1.62. The van der Waals surface area contributed by atoms with E-state index >= 15 is 0 Å². The summed E-state index contributed by atoms with van der Waals surface area (Å²) in [6.07, 6.45) is 4.88. The number of hydrogen-bond donors (Lipinski definition) is 1. The summed E-state index contributed by atoms with van der Waals surface area (Å²) in [6, 6.07) is 6.13. The predicted octanol–water partition coefficient (Wildman–Crippen LogP) is 3.17. The number of anilines is 2. The monoisotopic (exact) mass is 374 g/mol. The lowest BCUT2D eigenvalue weighted by molar-refractivity contribution is 0.0261. The lowest BCUT2D eigenvalue weighted by Crippen LogP contribution is -2.45. The third-order valence-corrected chi connectivity index (χ3v) is 5.53. The fraction of sp³-hybridized carbons (Fsp3) is 0.667. The lowest BCUT2D eigenvalue weighted by atomic mass is 10.1. The van der Waals surface area contributed by atoms with Gasteiger partial charge in [0.2, 0.25) is 0 Å².